The summed E-state index contributed by atoms with van der Waals surface area (Å²) in [5.74, 6) is 0.820. The number of hydrogen-bond acceptors (Lipinski definition) is 8. The summed E-state index contributed by atoms with van der Waals surface area (Å²) in [6, 6.07) is 9.58. The van der Waals surface area contributed by atoms with E-state index in [4.69, 9.17) is 22.3 Å². The van der Waals surface area contributed by atoms with E-state index in [-0.39, 0.29) is 0 Å². The second-order valence-electron chi connectivity index (χ2n) is 7.17. The third-order valence-corrected chi connectivity index (χ3v) is 6.05. The Balaban J connectivity index is 1.59. The lowest BCUT2D eigenvalue weighted by Crippen LogP contribution is -2.11. The lowest BCUT2D eigenvalue weighted by atomic mass is 10.0. The highest BCUT2D eigenvalue weighted by Crippen LogP contribution is 2.35. The second kappa shape index (κ2) is 8.52. The lowest BCUT2D eigenvalue weighted by molar-refractivity contribution is 0.770. The highest BCUT2D eigenvalue weighted by molar-refractivity contribution is 7.09. The number of anilines is 2. The van der Waals surface area contributed by atoms with Gasteiger partial charge < -0.3 is 11.1 Å². The molecule has 0 aliphatic rings. The van der Waals surface area contributed by atoms with Gasteiger partial charge in [-0.25, -0.2) is 15.0 Å². The van der Waals surface area contributed by atoms with Crippen LogP contribution >= 0.6 is 22.9 Å². The molecule has 0 radical (unpaired) electrons. The molecular formula is C22H19ClN8S. The first-order valence-electron chi connectivity index (χ1n) is 9.93. The van der Waals surface area contributed by atoms with E-state index in [1.54, 1.807) is 28.4 Å². The molecule has 1 aromatic carbocycles. The number of fused-ring (bicyclic) bond motifs is 1. The predicted molar refractivity (Wildman–Crippen MR) is 129 cm³/mol. The largest absolute Gasteiger partial charge is 0.381 e. The molecule has 0 aliphatic carbocycles. The number of nitrogens with one attached hydrogen (secondary N) is 1. The molecule has 0 atom stereocenters. The van der Waals surface area contributed by atoms with Crippen LogP contribution in [0.15, 0.2) is 54.3 Å². The molecule has 0 fully saturated rings. The monoisotopic (exact) mass is 462 g/mol. The van der Waals surface area contributed by atoms with Crippen LogP contribution in [0.2, 0.25) is 5.02 Å². The third kappa shape index (κ3) is 4.00. The molecule has 4 aromatic heterocycles. The number of pyridine rings is 1. The molecule has 5 rings (SSSR count). The molecule has 160 valence electrons. The maximum Gasteiger partial charge on any atom is 0.169 e. The van der Waals surface area contributed by atoms with Crippen LogP contribution in [0, 0.1) is 0 Å². The van der Waals surface area contributed by atoms with E-state index < -0.39 is 0 Å². The van der Waals surface area contributed by atoms with Gasteiger partial charge in [0.05, 0.1) is 15.5 Å². The molecule has 0 amide bonds. The summed E-state index contributed by atoms with van der Waals surface area (Å²) in [5.41, 5.74) is 9.73. The molecule has 0 saturated heterocycles. The summed E-state index contributed by atoms with van der Waals surface area (Å²) >= 11 is 8.17. The summed E-state index contributed by atoms with van der Waals surface area (Å²) in [6.45, 7) is 0.636. The summed E-state index contributed by atoms with van der Waals surface area (Å²) in [7, 11) is 1.85. The highest BCUT2D eigenvalue weighted by Gasteiger charge is 2.19. The van der Waals surface area contributed by atoms with Gasteiger partial charge in [-0.15, -0.1) is 11.3 Å². The number of aromatic nitrogens is 6. The third-order valence-electron chi connectivity index (χ3n) is 4.93. The van der Waals surface area contributed by atoms with Gasteiger partial charge in [-0.2, -0.15) is 5.10 Å². The Morgan fingerprint density at radius 1 is 1.12 bits per heavy atom. The zero-order valence-corrected chi connectivity index (χ0v) is 18.7. The fourth-order valence-corrected chi connectivity index (χ4v) is 4.34. The smallest absolute Gasteiger partial charge is 0.169 e. The highest BCUT2D eigenvalue weighted by atomic mass is 35.5. The van der Waals surface area contributed by atoms with Crippen LogP contribution in [0.25, 0.3) is 33.5 Å². The summed E-state index contributed by atoms with van der Waals surface area (Å²) in [6.07, 6.45) is 6.14. The Bertz CT molecular complexity index is 1400. The Morgan fingerprint density at radius 2 is 2.03 bits per heavy atom. The van der Waals surface area contributed by atoms with Gasteiger partial charge in [0.25, 0.3) is 0 Å². The van der Waals surface area contributed by atoms with Crippen molar-refractivity contribution < 1.29 is 0 Å². The molecule has 5 aromatic rings. The Morgan fingerprint density at radius 3 is 2.81 bits per heavy atom. The van der Waals surface area contributed by atoms with Crippen molar-refractivity contribution in [2.24, 2.45) is 7.05 Å². The molecular weight excluding hydrogens is 444 g/mol. The van der Waals surface area contributed by atoms with Crippen molar-refractivity contribution in [1.29, 1.82) is 0 Å². The van der Waals surface area contributed by atoms with Crippen LogP contribution in [0.3, 0.4) is 0 Å². The molecule has 0 aliphatic heterocycles. The molecule has 8 nitrogen and oxygen atoms in total. The molecule has 0 spiro atoms. The standard InChI is InChI=1S/C22H19ClN8S/c1-31-9-5-16(30-31)20-19(14-11-13-3-2-6-26-18(13)15(23)12-14)29-22(21(24)28-20)27-7-4-17-25-8-10-32-17/h2-3,5-6,8-12H,4,7H2,1H3,(H2,24,28)(H,27,29). The zero-order chi connectivity index (χ0) is 22.1. The van der Waals surface area contributed by atoms with Crippen LogP contribution < -0.4 is 11.1 Å². The number of halogens is 1. The zero-order valence-electron chi connectivity index (χ0n) is 17.2. The number of thiazole rings is 1. The Labute approximate surface area is 193 Å². The van der Waals surface area contributed by atoms with Gasteiger partial charge in [0, 0.05) is 54.9 Å². The van der Waals surface area contributed by atoms with E-state index in [2.05, 4.69) is 25.4 Å². The van der Waals surface area contributed by atoms with E-state index in [1.165, 1.54) is 0 Å². The van der Waals surface area contributed by atoms with Gasteiger partial charge in [-0.1, -0.05) is 17.7 Å². The number of hydrogen-bond donors (Lipinski definition) is 2. The number of nitrogens with two attached hydrogens (primary N) is 1. The van der Waals surface area contributed by atoms with Crippen LogP contribution in [0.4, 0.5) is 11.6 Å². The maximum atomic E-state index is 6.55. The predicted octanol–water partition coefficient (Wildman–Crippen LogP) is 4.44. The molecule has 32 heavy (non-hydrogen) atoms. The molecule has 3 N–H and O–H groups in total. The number of rotatable bonds is 6. The minimum Gasteiger partial charge on any atom is -0.381 e. The summed E-state index contributed by atoms with van der Waals surface area (Å²) in [5, 5.41) is 12.3. The van der Waals surface area contributed by atoms with Crippen molar-refractivity contribution in [2.75, 3.05) is 17.6 Å². The van der Waals surface area contributed by atoms with Crippen molar-refractivity contribution in [3.05, 3.63) is 64.3 Å². The molecule has 0 unspecified atom stereocenters. The van der Waals surface area contributed by atoms with Gasteiger partial charge in [0.2, 0.25) is 0 Å². The van der Waals surface area contributed by atoms with E-state index in [0.717, 1.165) is 27.9 Å². The van der Waals surface area contributed by atoms with Crippen molar-refractivity contribution in [1.82, 2.24) is 29.7 Å². The first-order valence-corrected chi connectivity index (χ1v) is 11.2. The van der Waals surface area contributed by atoms with E-state index in [1.807, 2.05) is 49.0 Å². The average molecular weight is 463 g/mol. The first kappa shape index (κ1) is 20.3. The number of nitrogen functional groups attached to an aromatic ring is 1. The van der Waals surface area contributed by atoms with Gasteiger partial charge in [0.1, 0.15) is 17.1 Å². The SMILES string of the molecule is Cn1ccc(-c2nc(N)c(NCCc3nccs3)nc2-c2cc(Cl)c3ncccc3c2)n1. The summed E-state index contributed by atoms with van der Waals surface area (Å²) < 4.78 is 1.72. The second-order valence-corrected chi connectivity index (χ2v) is 8.55. The fourth-order valence-electron chi connectivity index (χ4n) is 3.45. The van der Waals surface area contributed by atoms with Crippen molar-refractivity contribution in [2.45, 2.75) is 6.42 Å². The molecule has 4 heterocycles. The minimum atomic E-state index is 0.307. The van der Waals surface area contributed by atoms with E-state index >= 15 is 0 Å². The van der Waals surface area contributed by atoms with E-state index in [9.17, 15) is 0 Å². The van der Waals surface area contributed by atoms with Gasteiger partial charge in [0.15, 0.2) is 11.6 Å². The van der Waals surface area contributed by atoms with Gasteiger partial charge in [-0.3, -0.25) is 9.67 Å². The van der Waals surface area contributed by atoms with Crippen LogP contribution in [0.5, 0.6) is 0 Å². The fraction of sp³-hybridized carbons (Fsp3) is 0.136. The summed E-state index contributed by atoms with van der Waals surface area (Å²) in [4.78, 5) is 18.2. The number of aryl methyl sites for hydroxylation is 1. The Hall–Kier alpha value is -3.56. The number of nitrogens with zero attached hydrogens (tertiary/aromatic N) is 6. The number of benzene rings is 1. The van der Waals surface area contributed by atoms with Crippen LogP contribution in [-0.4, -0.2) is 36.3 Å². The molecule has 10 heteroatoms. The first-order chi connectivity index (χ1) is 15.6. The average Bonchev–Trinajstić information content (AvgIpc) is 3.46. The quantitative estimate of drug-likeness (QED) is 0.384. The van der Waals surface area contributed by atoms with Crippen molar-refractivity contribution >= 4 is 45.5 Å². The van der Waals surface area contributed by atoms with E-state index in [0.29, 0.717) is 40.3 Å². The maximum absolute atomic E-state index is 6.55. The molecule has 0 saturated carbocycles. The molecule has 0 bridgehead atoms. The van der Waals surface area contributed by atoms with Crippen LogP contribution in [0.1, 0.15) is 5.01 Å². The van der Waals surface area contributed by atoms with Crippen molar-refractivity contribution in [3.8, 4) is 22.6 Å². The normalized spacial score (nSPS) is 11.2. The van der Waals surface area contributed by atoms with Gasteiger partial charge in [-0.05, 0) is 24.3 Å². The van der Waals surface area contributed by atoms with Gasteiger partial charge >= 0.3 is 0 Å². The topological polar surface area (TPSA) is 107 Å². The minimum absolute atomic E-state index is 0.307. The van der Waals surface area contributed by atoms with Crippen molar-refractivity contribution in [3.63, 3.8) is 0 Å². The Kier molecular flexibility index (Phi) is 5.42. The van der Waals surface area contributed by atoms with Crippen LogP contribution in [-0.2, 0) is 13.5 Å². The lowest BCUT2D eigenvalue weighted by Gasteiger charge is -2.14.